The van der Waals surface area contributed by atoms with E-state index in [0.29, 0.717) is 11.3 Å². The molecule has 4 heteroatoms. The van der Waals surface area contributed by atoms with Crippen LogP contribution in [0.4, 0.5) is 11.4 Å². The Morgan fingerprint density at radius 3 is 2.26 bits per heavy atom. The fourth-order valence-electron chi connectivity index (χ4n) is 2.53. The van der Waals surface area contributed by atoms with Crippen molar-refractivity contribution in [2.75, 3.05) is 36.8 Å². The third-order valence-corrected chi connectivity index (χ3v) is 3.73. The molecule has 0 bridgehead atoms. The van der Waals surface area contributed by atoms with Crippen molar-refractivity contribution < 1.29 is 0 Å². The molecular weight excluding hydrogens is 236 g/mol. The van der Waals surface area contributed by atoms with Crippen molar-refractivity contribution in [2.24, 2.45) is 0 Å². The van der Waals surface area contributed by atoms with Crippen LogP contribution in [0.15, 0.2) is 18.2 Å². The zero-order chi connectivity index (χ0) is 14.0. The molecule has 2 rings (SSSR count). The van der Waals surface area contributed by atoms with Gasteiger partial charge in [-0.15, -0.1) is 0 Å². The van der Waals surface area contributed by atoms with E-state index < -0.39 is 0 Å². The largest absolute Gasteiger partial charge is 0.397 e. The number of nitrogens with two attached hydrogens (primary N) is 1. The van der Waals surface area contributed by atoms with Crippen LogP contribution in [0.2, 0.25) is 0 Å². The molecular formula is C15H22N4. The Bertz CT molecular complexity index is 488. The summed E-state index contributed by atoms with van der Waals surface area (Å²) < 4.78 is 0. The standard InChI is InChI=1S/C15H22N4/c1-15(2,3)19-8-6-18(7-9-19)14-5-4-12(11-16)10-13(14)17/h4-5,10H,6-9,17H2,1-3H3. The molecule has 0 atom stereocenters. The smallest absolute Gasteiger partial charge is 0.0992 e. The first-order valence-corrected chi connectivity index (χ1v) is 6.71. The first kappa shape index (κ1) is 13.7. The van der Waals surface area contributed by atoms with Gasteiger partial charge in [0, 0.05) is 31.7 Å². The third kappa shape index (κ3) is 2.99. The molecule has 0 aromatic heterocycles. The van der Waals surface area contributed by atoms with Crippen molar-refractivity contribution in [1.29, 1.82) is 5.26 Å². The number of nitrogens with zero attached hydrogens (tertiary/aromatic N) is 3. The highest BCUT2D eigenvalue weighted by Gasteiger charge is 2.26. The monoisotopic (exact) mass is 258 g/mol. The van der Waals surface area contributed by atoms with Gasteiger partial charge in [0.05, 0.1) is 23.0 Å². The molecule has 0 spiro atoms. The van der Waals surface area contributed by atoms with E-state index in [9.17, 15) is 0 Å². The van der Waals surface area contributed by atoms with Crippen LogP contribution >= 0.6 is 0 Å². The molecule has 0 aliphatic carbocycles. The molecule has 0 saturated carbocycles. The van der Waals surface area contributed by atoms with E-state index in [-0.39, 0.29) is 5.54 Å². The Balaban J connectivity index is 2.08. The zero-order valence-corrected chi connectivity index (χ0v) is 12.0. The highest BCUT2D eigenvalue weighted by atomic mass is 15.3. The maximum atomic E-state index is 8.86. The van der Waals surface area contributed by atoms with Crippen molar-refractivity contribution in [3.63, 3.8) is 0 Å². The Morgan fingerprint density at radius 1 is 1.16 bits per heavy atom. The normalized spacial score (nSPS) is 17.3. The zero-order valence-electron chi connectivity index (χ0n) is 12.0. The molecule has 1 heterocycles. The van der Waals surface area contributed by atoms with Crippen molar-refractivity contribution in [3.05, 3.63) is 23.8 Å². The van der Waals surface area contributed by atoms with Crippen LogP contribution in [0.5, 0.6) is 0 Å². The molecule has 1 aliphatic rings. The summed E-state index contributed by atoms with van der Waals surface area (Å²) in [5, 5.41) is 8.86. The van der Waals surface area contributed by atoms with E-state index in [1.165, 1.54) is 0 Å². The van der Waals surface area contributed by atoms with E-state index in [1.807, 2.05) is 12.1 Å². The molecule has 1 saturated heterocycles. The molecule has 0 amide bonds. The van der Waals surface area contributed by atoms with Gasteiger partial charge in [-0.2, -0.15) is 5.26 Å². The molecule has 4 nitrogen and oxygen atoms in total. The Morgan fingerprint density at radius 2 is 1.79 bits per heavy atom. The summed E-state index contributed by atoms with van der Waals surface area (Å²) in [6, 6.07) is 7.67. The van der Waals surface area contributed by atoms with Crippen molar-refractivity contribution in [2.45, 2.75) is 26.3 Å². The third-order valence-electron chi connectivity index (χ3n) is 3.73. The lowest BCUT2D eigenvalue weighted by atomic mass is 10.0. The minimum atomic E-state index is 0.225. The average molecular weight is 258 g/mol. The Kier molecular flexibility index (Phi) is 3.68. The number of nitrogen functional groups attached to an aromatic ring is 1. The first-order valence-electron chi connectivity index (χ1n) is 6.71. The molecule has 102 valence electrons. The quantitative estimate of drug-likeness (QED) is 0.783. The fourth-order valence-corrected chi connectivity index (χ4v) is 2.53. The second kappa shape index (κ2) is 5.10. The molecule has 2 N–H and O–H groups in total. The van der Waals surface area contributed by atoms with Gasteiger partial charge < -0.3 is 10.6 Å². The number of rotatable bonds is 1. The first-order chi connectivity index (χ1) is 8.91. The van der Waals surface area contributed by atoms with Gasteiger partial charge in [-0.3, -0.25) is 4.90 Å². The second-order valence-electron chi connectivity index (χ2n) is 6.03. The lowest BCUT2D eigenvalue weighted by Crippen LogP contribution is -2.53. The van der Waals surface area contributed by atoms with E-state index >= 15 is 0 Å². The summed E-state index contributed by atoms with van der Waals surface area (Å²) >= 11 is 0. The lowest BCUT2D eigenvalue weighted by molar-refractivity contribution is 0.128. The molecule has 1 aromatic carbocycles. The maximum Gasteiger partial charge on any atom is 0.0992 e. The second-order valence-corrected chi connectivity index (χ2v) is 6.03. The predicted octanol–water partition coefficient (Wildman–Crippen LogP) is 2.06. The van der Waals surface area contributed by atoms with Crippen LogP contribution in [0, 0.1) is 11.3 Å². The van der Waals surface area contributed by atoms with Gasteiger partial charge in [0.25, 0.3) is 0 Å². The Hall–Kier alpha value is -1.73. The molecule has 1 aliphatic heterocycles. The number of benzene rings is 1. The van der Waals surface area contributed by atoms with Gasteiger partial charge in [0.15, 0.2) is 0 Å². The summed E-state index contributed by atoms with van der Waals surface area (Å²) in [5.74, 6) is 0. The van der Waals surface area contributed by atoms with E-state index in [2.05, 4.69) is 36.6 Å². The summed E-state index contributed by atoms with van der Waals surface area (Å²) in [5.41, 5.74) is 8.63. The lowest BCUT2D eigenvalue weighted by Gasteiger charge is -2.43. The number of nitriles is 1. The SMILES string of the molecule is CC(C)(C)N1CCN(c2ccc(C#N)cc2N)CC1. The van der Waals surface area contributed by atoms with Crippen LogP contribution in [0.1, 0.15) is 26.3 Å². The van der Waals surface area contributed by atoms with Gasteiger partial charge in [0.1, 0.15) is 0 Å². The van der Waals surface area contributed by atoms with Crippen LogP contribution in [0.25, 0.3) is 0 Å². The van der Waals surface area contributed by atoms with E-state index in [4.69, 9.17) is 11.0 Å². The van der Waals surface area contributed by atoms with Gasteiger partial charge in [-0.05, 0) is 39.0 Å². The van der Waals surface area contributed by atoms with Gasteiger partial charge in [0.2, 0.25) is 0 Å². The molecule has 0 radical (unpaired) electrons. The van der Waals surface area contributed by atoms with Gasteiger partial charge in [-0.1, -0.05) is 0 Å². The number of hydrogen-bond acceptors (Lipinski definition) is 4. The predicted molar refractivity (Wildman–Crippen MR) is 79.1 cm³/mol. The van der Waals surface area contributed by atoms with Crippen LogP contribution in [-0.4, -0.2) is 36.6 Å². The average Bonchev–Trinajstić information content (AvgIpc) is 2.37. The van der Waals surface area contributed by atoms with Crippen molar-refractivity contribution in [1.82, 2.24) is 4.90 Å². The van der Waals surface area contributed by atoms with E-state index in [0.717, 1.165) is 31.9 Å². The summed E-state index contributed by atoms with van der Waals surface area (Å²) in [6.07, 6.45) is 0. The van der Waals surface area contributed by atoms with Crippen LogP contribution in [-0.2, 0) is 0 Å². The highest BCUT2D eigenvalue weighted by molar-refractivity contribution is 5.69. The summed E-state index contributed by atoms with van der Waals surface area (Å²) in [4.78, 5) is 4.79. The van der Waals surface area contributed by atoms with Gasteiger partial charge in [-0.25, -0.2) is 0 Å². The van der Waals surface area contributed by atoms with Crippen molar-refractivity contribution in [3.8, 4) is 6.07 Å². The van der Waals surface area contributed by atoms with Gasteiger partial charge >= 0.3 is 0 Å². The minimum Gasteiger partial charge on any atom is -0.397 e. The maximum absolute atomic E-state index is 8.86. The fraction of sp³-hybridized carbons (Fsp3) is 0.533. The highest BCUT2D eigenvalue weighted by Crippen LogP contribution is 2.26. The number of piperazine rings is 1. The molecule has 19 heavy (non-hydrogen) atoms. The molecule has 1 aromatic rings. The molecule has 0 unspecified atom stereocenters. The van der Waals surface area contributed by atoms with E-state index in [1.54, 1.807) is 6.07 Å². The van der Waals surface area contributed by atoms with Crippen molar-refractivity contribution >= 4 is 11.4 Å². The van der Waals surface area contributed by atoms with Crippen LogP contribution < -0.4 is 10.6 Å². The molecule has 1 fully saturated rings. The Labute approximate surface area is 115 Å². The summed E-state index contributed by atoms with van der Waals surface area (Å²) in [6.45, 7) is 10.8. The number of hydrogen-bond donors (Lipinski definition) is 1. The van der Waals surface area contributed by atoms with Crippen LogP contribution in [0.3, 0.4) is 0 Å². The number of anilines is 2. The topological polar surface area (TPSA) is 56.3 Å². The summed E-state index contributed by atoms with van der Waals surface area (Å²) in [7, 11) is 0. The minimum absolute atomic E-state index is 0.225.